The summed E-state index contributed by atoms with van der Waals surface area (Å²) in [6.07, 6.45) is 2.11. The Morgan fingerprint density at radius 3 is 2.71 bits per heavy atom. The summed E-state index contributed by atoms with van der Waals surface area (Å²) in [5.41, 5.74) is 1.21. The molecule has 0 fully saturated rings. The Hall–Kier alpha value is -1.24. The number of fused-ring (bicyclic) bond motifs is 1. The Labute approximate surface area is 128 Å². The van der Waals surface area contributed by atoms with Crippen molar-refractivity contribution < 1.29 is 12.3 Å². The monoisotopic (exact) mass is 330 g/mol. The SMILES string of the molecule is CCC(C)N(Cc1ccc(Cl)c2cccnc12)S(=O)(=O)F. The maximum atomic E-state index is 13.5. The molecule has 0 amide bonds. The van der Waals surface area contributed by atoms with Crippen LogP contribution in [-0.4, -0.2) is 23.7 Å². The van der Waals surface area contributed by atoms with Crippen LogP contribution in [-0.2, 0) is 17.0 Å². The zero-order valence-corrected chi connectivity index (χ0v) is 13.3. The van der Waals surface area contributed by atoms with Gasteiger partial charge in [-0.1, -0.05) is 28.5 Å². The molecule has 114 valence electrons. The Morgan fingerprint density at radius 1 is 1.38 bits per heavy atom. The lowest BCUT2D eigenvalue weighted by Crippen LogP contribution is -2.35. The third-order valence-corrected chi connectivity index (χ3v) is 4.87. The second-order valence-corrected chi connectivity index (χ2v) is 6.55. The number of benzene rings is 1. The van der Waals surface area contributed by atoms with E-state index in [1.807, 2.05) is 0 Å². The van der Waals surface area contributed by atoms with Gasteiger partial charge in [0.1, 0.15) is 0 Å². The summed E-state index contributed by atoms with van der Waals surface area (Å²) in [5, 5.41) is 1.25. The molecule has 1 aromatic carbocycles. The van der Waals surface area contributed by atoms with Gasteiger partial charge in [0.2, 0.25) is 0 Å². The molecule has 0 spiro atoms. The van der Waals surface area contributed by atoms with Crippen LogP contribution in [0.2, 0.25) is 5.02 Å². The predicted molar refractivity (Wildman–Crippen MR) is 82.1 cm³/mol. The highest BCUT2D eigenvalue weighted by Crippen LogP contribution is 2.27. The molecular formula is C14H16ClFN2O2S. The minimum absolute atomic E-state index is 0.0709. The van der Waals surface area contributed by atoms with Crippen molar-refractivity contribution in [2.75, 3.05) is 0 Å². The maximum Gasteiger partial charge on any atom is 0.375 e. The van der Waals surface area contributed by atoms with Gasteiger partial charge in [-0.3, -0.25) is 4.98 Å². The molecule has 7 heteroatoms. The van der Waals surface area contributed by atoms with Crippen molar-refractivity contribution in [2.45, 2.75) is 32.9 Å². The van der Waals surface area contributed by atoms with Crippen LogP contribution in [0, 0.1) is 0 Å². The third kappa shape index (κ3) is 3.51. The topological polar surface area (TPSA) is 50.3 Å². The Bertz CT molecular complexity index is 752. The first-order valence-corrected chi connectivity index (χ1v) is 8.30. The van der Waals surface area contributed by atoms with Crippen LogP contribution in [0.15, 0.2) is 30.5 Å². The van der Waals surface area contributed by atoms with Gasteiger partial charge in [-0.2, -0.15) is 12.7 Å². The van der Waals surface area contributed by atoms with Crippen molar-refractivity contribution in [3.8, 4) is 0 Å². The van der Waals surface area contributed by atoms with Gasteiger partial charge in [0.25, 0.3) is 0 Å². The Balaban J connectivity index is 2.49. The van der Waals surface area contributed by atoms with E-state index in [2.05, 4.69) is 4.98 Å². The van der Waals surface area contributed by atoms with Gasteiger partial charge in [0, 0.05) is 29.2 Å². The second-order valence-electron chi connectivity index (χ2n) is 4.85. The first kappa shape index (κ1) is 16.1. The minimum Gasteiger partial charge on any atom is -0.256 e. The van der Waals surface area contributed by atoms with E-state index in [0.717, 1.165) is 9.69 Å². The molecule has 0 aliphatic rings. The molecule has 2 aromatic rings. The van der Waals surface area contributed by atoms with Crippen molar-refractivity contribution in [2.24, 2.45) is 0 Å². The molecule has 21 heavy (non-hydrogen) atoms. The van der Waals surface area contributed by atoms with E-state index in [1.165, 1.54) is 0 Å². The number of pyridine rings is 1. The smallest absolute Gasteiger partial charge is 0.256 e. The zero-order chi connectivity index (χ0) is 15.6. The van der Waals surface area contributed by atoms with Crippen molar-refractivity contribution in [3.05, 3.63) is 41.0 Å². The molecule has 0 bridgehead atoms. The van der Waals surface area contributed by atoms with Gasteiger partial charge in [0.05, 0.1) is 5.52 Å². The van der Waals surface area contributed by atoms with E-state index < -0.39 is 16.5 Å². The first-order valence-electron chi connectivity index (χ1n) is 6.58. The molecule has 0 saturated carbocycles. The summed E-state index contributed by atoms with van der Waals surface area (Å²) in [6.45, 7) is 3.41. The van der Waals surface area contributed by atoms with E-state index in [9.17, 15) is 12.3 Å². The summed E-state index contributed by atoms with van der Waals surface area (Å²) < 4.78 is 37.0. The van der Waals surface area contributed by atoms with Gasteiger partial charge in [0.15, 0.2) is 0 Å². The molecule has 0 saturated heterocycles. The minimum atomic E-state index is -4.78. The summed E-state index contributed by atoms with van der Waals surface area (Å²) in [7, 11) is -4.78. The average molecular weight is 331 g/mol. The fourth-order valence-corrected chi connectivity index (χ4v) is 3.23. The standard InChI is InChI=1S/C14H16ClFN2O2S/c1-3-10(2)18(21(16,19)20)9-11-6-7-13(15)12-5-4-8-17-14(11)12/h4-8,10H,3,9H2,1-2H3. The highest BCUT2D eigenvalue weighted by atomic mass is 35.5. The number of aromatic nitrogens is 1. The number of rotatable bonds is 5. The fourth-order valence-electron chi connectivity index (χ4n) is 2.14. The van der Waals surface area contributed by atoms with Gasteiger partial charge < -0.3 is 0 Å². The van der Waals surface area contributed by atoms with Crippen molar-refractivity contribution in [3.63, 3.8) is 0 Å². The van der Waals surface area contributed by atoms with Crippen LogP contribution in [0.4, 0.5) is 3.89 Å². The van der Waals surface area contributed by atoms with Gasteiger partial charge in [-0.15, -0.1) is 0 Å². The van der Waals surface area contributed by atoms with Crippen LogP contribution in [0.1, 0.15) is 25.8 Å². The van der Waals surface area contributed by atoms with Crippen LogP contribution >= 0.6 is 11.6 Å². The lowest BCUT2D eigenvalue weighted by molar-refractivity contribution is 0.306. The lowest BCUT2D eigenvalue weighted by Gasteiger charge is -2.24. The molecule has 1 aromatic heterocycles. The normalized spacial score (nSPS) is 13.8. The summed E-state index contributed by atoms with van der Waals surface area (Å²) in [6, 6.07) is 6.45. The molecule has 4 nitrogen and oxygen atoms in total. The largest absolute Gasteiger partial charge is 0.375 e. The molecule has 1 unspecified atom stereocenters. The lowest BCUT2D eigenvalue weighted by atomic mass is 10.1. The van der Waals surface area contributed by atoms with Gasteiger partial charge in [-0.05, 0) is 37.1 Å². The number of hydrogen-bond donors (Lipinski definition) is 0. The van der Waals surface area contributed by atoms with E-state index in [4.69, 9.17) is 11.6 Å². The van der Waals surface area contributed by atoms with Crippen LogP contribution in [0.25, 0.3) is 10.9 Å². The summed E-state index contributed by atoms with van der Waals surface area (Å²) in [5.74, 6) is 0. The number of halogens is 2. The molecule has 1 heterocycles. The van der Waals surface area contributed by atoms with Gasteiger partial charge in [-0.25, -0.2) is 0 Å². The Morgan fingerprint density at radius 2 is 2.10 bits per heavy atom. The predicted octanol–water partition coefficient (Wildman–Crippen LogP) is 3.70. The quantitative estimate of drug-likeness (QED) is 0.785. The zero-order valence-electron chi connectivity index (χ0n) is 11.8. The van der Waals surface area contributed by atoms with Gasteiger partial charge >= 0.3 is 10.4 Å². The number of nitrogens with zero attached hydrogens (tertiary/aromatic N) is 2. The molecule has 0 aliphatic carbocycles. The van der Waals surface area contributed by atoms with Crippen molar-refractivity contribution >= 4 is 32.9 Å². The average Bonchev–Trinajstić information content (AvgIpc) is 2.45. The molecule has 0 aliphatic heterocycles. The molecule has 0 radical (unpaired) electrons. The van der Waals surface area contributed by atoms with E-state index in [1.54, 1.807) is 44.3 Å². The van der Waals surface area contributed by atoms with Crippen LogP contribution in [0.5, 0.6) is 0 Å². The maximum absolute atomic E-state index is 13.5. The van der Waals surface area contributed by atoms with Crippen molar-refractivity contribution in [1.82, 2.24) is 9.29 Å². The van der Waals surface area contributed by atoms with Crippen LogP contribution < -0.4 is 0 Å². The third-order valence-electron chi connectivity index (χ3n) is 3.49. The Kier molecular flexibility index (Phi) is 4.81. The van der Waals surface area contributed by atoms with Crippen molar-refractivity contribution in [1.29, 1.82) is 0 Å². The summed E-state index contributed by atoms with van der Waals surface area (Å²) in [4.78, 5) is 4.23. The highest BCUT2D eigenvalue weighted by molar-refractivity contribution is 7.83. The first-order chi connectivity index (χ1) is 9.84. The summed E-state index contributed by atoms with van der Waals surface area (Å²) >= 11 is 6.10. The van der Waals surface area contributed by atoms with E-state index in [-0.39, 0.29) is 6.54 Å². The van der Waals surface area contributed by atoms with Crippen LogP contribution in [0.3, 0.4) is 0 Å². The molecule has 2 rings (SSSR count). The van der Waals surface area contributed by atoms with E-state index >= 15 is 0 Å². The second kappa shape index (κ2) is 6.25. The van der Waals surface area contributed by atoms with E-state index in [0.29, 0.717) is 22.5 Å². The number of hydrogen-bond acceptors (Lipinski definition) is 3. The molecule has 1 atom stereocenters. The molecular weight excluding hydrogens is 315 g/mol. The highest BCUT2D eigenvalue weighted by Gasteiger charge is 2.26. The molecule has 0 N–H and O–H groups in total. The fraction of sp³-hybridized carbons (Fsp3) is 0.357.